The number of hydrogen-bond acceptors (Lipinski definition) is 2. The lowest BCUT2D eigenvalue weighted by molar-refractivity contribution is -0.190. The Bertz CT molecular complexity index is 302. The molecule has 1 amide bonds. The van der Waals surface area contributed by atoms with E-state index in [9.17, 15) is 18.0 Å². The molecule has 0 radical (unpaired) electrons. The van der Waals surface area contributed by atoms with Crippen molar-refractivity contribution < 1.29 is 18.0 Å². The molecule has 0 saturated carbocycles. The van der Waals surface area contributed by atoms with Gasteiger partial charge in [0.2, 0.25) is 0 Å². The van der Waals surface area contributed by atoms with Gasteiger partial charge in [-0.1, -0.05) is 27.7 Å². The van der Waals surface area contributed by atoms with Crippen LogP contribution in [0.25, 0.3) is 0 Å². The van der Waals surface area contributed by atoms with Gasteiger partial charge < -0.3 is 10.2 Å². The zero-order valence-electron chi connectivity index (χ0n) is 11.2. The van der Waals surface area contributed by atoms with Gasteiger partial charge in [-0.25, -0.2) is 0 Å². The molecular weight excluding hydrogens is 245 g/mol. The van der Waals surface area contributed by atoms with Gasteiger partial charge >= 0.3 is 12.1 Å². The van der Waals surface area contributed by atoms with Gasteiger partial charge in [0.05, 0.1) is 0 Å². The molecular formula is C12H21F3N2O. The van der Waals surface area contributed by atoms with Crippen molar-refractivity contribution in [1.82, 2.24) is 10.2 Å². The van der Waals surface area contributed by atoms with Crippen molar-refractivity contribution in [1.29, 1.82) is 0 Å². The largest absolute Gasteiger partial charge is 0.471 e. The summed E-state index contributed by atoms with van der Waals surface area (Å²) in [4.78, 5) is 12.5. The fourth-order valence-electron chi connectivity index (χ4n) is 2.23. The summed E-state index contributed by atoms with van der Waals surface area (Å²) in [5.74, 6) is -1.52. The van der Waals surface area contributed by atoms with E-state index in [2.05, 4.69) is 5.32 Å². The Morgan fingerprint density at radius 1 is 1.22 bits per heavy atom. The van der Waals surface area contributed by atoms with E-state index in [1.165, 1.54) is 0 Å². The third kappa shape index (κ3) is 3.37. The standard InChI is InChI=1S/C12H21F3N2O/c1-7(2)9-6-17(11(18)12(13,14)15)10(5-16-9)8(3)4/h7-10,16H,5-6H2,1-4H3. The monoisotopic (exact) mass is 266 g/mol. The molecule has 0 aromatic heterocycles. The van der Waals surface area contributed by atoms with Gasteiger partial charge in [-0.05, 0) is 11.8 Å². The highest BCUT2D eigenvalue weighted by Gasteiger charge is 2.47. The fourth-order valence-corrected chi connectivity index (χ4v) is 2.23. The van der Waals surface area contributed by atoms with Crippen LogP contribution >= 0.6 is 0 Å². The smallest absolute Gasteiger partial charge is 0.329 e. The molecule has 0 bridgehead atoms. The van der Waals surface area contributed by atoms with Crippen LogP contribution in [0.15, 0.2) is 0 Å². The van der Waals surface area contributed by atoms with Crippen LogP contribution in [0.5, 0.6) is 0 Å². The van der Waals surface area contributed by atoms with Gasteiger partial charge in [0.1, 0.15) is 0 Å². The van der Waals surface area contributed by atoms with Crippen molar-refractivity contribution in [3.8, 4) is 0 Å². The summed E-state index contributed by atoms with van der Waals surface area (Å²) < 4.78 is 37.8. The lowest BCUT2D eigenvalue weighted by atomic mass is 9.94. The van der Waals surface area contributed by atoms with E-state index >= 15 is 0 Å². The van der Waals surface area contributed by atoms with Gasteiger partial charge in [-0.15, -0.1) is 0 Å². The molecule has 3 nitrogen and oxygen atoms in total. The Balaban J connectivity index is 2.88. The molecule has 1 heterocycles. The highest BCUT2D eigenvalue weighted by atomic mass is 19.4. The summed E-state index contributed by atoms with van der Waals surface area (Å²) >= 11 is 0. The van der Waals surface area contributed by atoms with Gasteiger partial charge in [0.25, 0.3) is 0 Å². The molecule has 1 N–H and O–H groups in total. The van der Waals surface area contributed by atoms with Crippen LogP contribution in [0.3, 0.4) is 0 Å². The number of alkyl halides is 3. The molecule has 1 fully saturated rings. The van der Waals surface area contributed by atoms with Crippen molar-refractivity contribution in [2.75, 3.05) is 13.1 Å². The van der Waals surface area contributed by atoms with E-state index in [4.69, 9.17) is 0 Å². The number of nitrogens with one attached hydrogen (secondary N) is 1. The number of carbonyl (C=O) groups excluding carboxylic acids is 1. The average molecular weight is 266 g/mol. The zero-order valence-corrected chi connectivity index (χ0v) is 11.2. The topological polar surface area (TPSA) is 32.3 Å². The lowest BCUT2D eigenvalue weighted by Gasteiger charge is -2.43. The van der Waals surface area contributed by atoms with Gasteiger partial charge in [-0.3, -0.25) is 4.79 Å². The first-order valence-corrected chi connectivity index (χ1v) is 6.25. The third-order valence-electron chi connectivity index (χ3n) is 3.46. The Morgan fingerprint density at radius 2 is 1.78 bits per heavy atom. The number of piperazine rings is 1. The fraction of sp³-hybridized carbons (Fsp3) is 0.917. The van der Waals surface area contributed by atoms with Crippen LogP contribution in [-0.4, -0.2) is 42.2 Å². The van der Waals surface area contributed by atoms with Crippen LogP contribution in [0.1, 0.15) is 27.7 Å². The second-order valence-electron chi connectivity index (χ2n) is 5.53. The highest BCUT2D eigenvalue weighted by molar-refractivity contribution is 5.82. The first-order chi connectivity index (χ1) is 8.14. The van der Waals surface area contributed by atoms with Crippen LogP contribution in [-0.2, 0) is 4.79 Å². The van der Waals surface area contributed by atoms with E-state index < -0.39 is 18.1 Å². The summed E-state index contributed by atoms with van der Waals surface area (Å²) in [5.41, 5.74) is 0. The summed E-state index contributed by atoms with van der Waals surface area (Å²) in [6.07, 6.45) is -4.79. The molecule has 2 unspecified atom stereocenters. The molecule has 0 aromatic carbocycles. The van der Waals surface area contributed by atoms with Crippen LogP contribution in [0, 0.1) is 11.8 Å². The third-order valence-corrected chi connectivity index (χ3v) is 3.46. The molecule has 2 atom stereocenters. The van der Waals surface area contributed by atoms with E-state index in [0.717, 1.165) is 4.90 Å². The van der Waals surface area contributed by atoms with Gasteiger partial charge in [0, 0.05) is 25.2 Å². The SMILES string of the molecule is CC(C)C1CN(C(=O)C(F)(F)F)C(C(C)C)CN1. The minimum Gasteiger partial charge on any atom is -0.329 e. The predicted molar refractivity (Wildman–Crippen MR) is 63.0 cm³/mol. The second-order valence-corrected chi connectivity index (χ2v) is 5.53. The van der Waals surface area contributed by atoms with Crippen molar-refractivity contribution in [3.05, 3.63) is 0 Å². The number of hydrogen-bond donors (Lipinski definition) is 1. The van der Waals surface area contributed by atoms with E-state index in [1.807, 2.05) is 27.7 Å². The molecule has 0 spiro atoms. The Hall–Kier alpha value is -0.780. The number of halogens is 3. The van der Waals surface area contributed by atoms with Gasteiger partial charge in [0.15, 0.2) is 0 Å². The summed E-state index contributed by atoms with van der Waals surface area (Å²) in [6, 6.07) is -0.472. The predicted octanol–water partition coefficient (Wildman–Crippen LogP) is 2.03. The molecule has 1 aliphatic rings. The maximum atomic E-state index is 12.6. The minimum atomic E-state index is -4.79. The number of nitrogens with zero attached hydrogens (tertiary/aromatic N) is 1. The molecule has 1 rings (SSSR count). The molecule has 1 saturated heterocycles. The Morgan fingerprint density at radius 3 is 2.17 bits per heavy atom. The van der Waals surface area contributed by atoms with Crippen molar-refractivity contribution in [2.45, 2.75) is 46.0 Å². The molecule has 1 aliphatic heterocycles. The number of amides is 1. The number of rotatable bonds is 2. The first-order valence-electron chi connectivity index (χ1n) is 6.25. The maximum Gasteiger partial charge on any atom is 0.471 e. The molecule has 0 aromatic rings. The minimum absolute atomic E-state index is 0.00286. The summed E-state index contributed by atoms with van der Waals surface area (Å²) in [6.45, 7) is 8.08. The normalized spacial score (nSPS) is 25.9. The van der Waals surface area contributed by atoms with E-state index in [1.54, 1.807) is 0 Å². The Labute approximate surface area is 106 Å². The van der Waals surface area contributed by atoms with Crippen LogP contribution in [0.2, 0.25) is 0 Å². The molecule has 18 heavy (non-hydrogen) atoms. The number of carbonyl (C=O) groups is 1. The van der Waals surface area contributed by atoms with Gasteiger partial charge in [-0.2, -0.15) is 13.2 Å². The second kappa shape index (κ2) is 5.47. The zero-order chi connectivity index (χ0) is 14.1. The van der Waals surface area contributed by atoms with Crippen molar-refractivity contribution in [2.24, 2.45) is 11.8 Å². The average Bonchev–Trinajstić information content (AvgIpc) is 2.25. The summed E-state index contributed by atoms with van der Waals surface area (Å²) in [7, 11) is 0. The first kappa shape index (κ1) is 15.3. The van der Waals surface area contributed by atoms with Crippen LogP contribution in [0.4, 0.5) is 13.2 Å². The lowest BCUT2D eigenvalue weighted by Crippen LogP contribution is -2.63. The van der Waals surface area contributed by atoms with E-state index in [0.29, 0.717) is 6.54 Å². The van der Waals surface area contributed by atoms with E-state index in [-0.39, 0.29) is 24.4 Å². The highest BCUT2D eigenvalue weighted by Crippen LogP contribution is 2.25. The quantitative estimate of drug-likeness (QED) is 0.829. The molecule has 106 valence electrons. The Kier molecular flexibility index (Phi) is 4.64. The molecule has 6 heteroatoms. The van der Waals surface area contributed by atoms with Crippen molar-refractivity contribution >= 4 is 5.91 Å². The van der Waals surface area contributed by atoms with Crippen molar-refractivity contribution in [3.63, 3.8) is 0 Å². The summed E-state index contributed by atoms with van der Waals surface area (Å²) in [5, 5.41) is 3.23. The van der Waals surface area contributed by atoms with Crippen LogP contribution < -0.4 is 5.32 Å². The molecule has 0 aliphatic carbocycles. The maximum absolute atomic E-state index is 12.6.